The van der Waals surface area contributed by atoms with Crippen molar-refractivity contribution >= 4 is 6.03 Å². The standard InChI is InChI=1S/C18H28N4O2/c1-13-11-21(16-6-7-16)8-9-22(12-13)18(24)19-10-15-5-4-14(2)20(3)17(15)23/h4-5,13,16H,6-12H2,1-3H3,(H,19,24). The molecule has 1 aliphatic carbocycles. The van der Waals surface area contributed by atoms with Gasteiger partial charge in [0, 0.05) is 57.1 Å². The van der Waals surface area contributed by atoms with Crippen molar-refractivity contribution in [2.45, 2.75) is 39.3 Å². The highest BCUT2D eigenvalue weighted by molar-refractivity contribution is 5.74. The van der Waals surface area contributed by atoms with Gasteiger partial charge in [-0.15, -0.1) is 0 Å². The predicted octanol–water partition coefficient (Wildman–Crippen LogP) is 1.32. The summed E-state index contributed by atoms with van der Waals surface area (Å²) in [7, 11) is 1.76. The van der Waals surface area contributed by atoms with Gasteiger partial charge in [-0.25, -0.2) is 4.79 Å². The third-order valence-electron chi connectivity index (χ3n) is 5.15. The Morgan fingerprint density at radius 3 is 2.71 bits per heavy atom. The van der Waals surface area contributed by atoms with Crippen LogP contribution in [0.5, 0.6) is 0 Å². The number of pyridine rings is 1. The molecule has 1 aliphatic heterocycles. The molecule has 1 unspecified atom stereocenters. The SMILES string of the molecule is Cc1ccc(CNC(=O)N2CCN(C3CC3)CC(C)C2)c(=O)n1C. The number of carbonyl (C=O) groups excluding carboxylic acids is 1. The zero-order valence-electron chi connectivity index (χ0n) is 14.9. The lowest BCUT2D eigenvalue weighted by Gasteiger charge is -2.22. The van der Waals surface area contributed by atoms with E-state index in [1.54, 1.807) is 17.7 Å². The van der Waals surface area contributed by atoms with Gasteiger partial charge in [-0.1, -0.05) is 13.0 Å². The topological polar surface area (TPSA) is 57.6 Å². The summed E-state index contributed by atoms with van der Waals surface area (Å²) in [5, 5.41) is 2.92. The molecular weight excluding hydrogens is 304 g/mol. The number of aryl methyl sites for hydroxylation is 1. The highest BCUT2D eigenvalue weighted by Gasteiger charge is 2.32. The van der Waals surface area contributed by atoms with Crippen molar-refractivity contribution in [3.8, 4) is 0 Å². The molecule has 1 N–H and O–H groups in total. The van der Waals surface area contributed by atoms with Gasteiger partial charge in [0.05, 0.1) is 0 Å². The number of hydrogen-bond donors (Lipinski definition) is 1. The summed E-state index contributed by atoms with van der Waals surface area (Å²) in [5.74, 6) is 0.478. The van der Waals surface area contributed by atoms with Crippen molar-refractivity contribution in [1.82, 2.24) is 19.7 Å². The molecular formula is C18H28N4O2. The van der Waals surface area contributed by atoms with E-state index in [9.17, 15) is 9.59 Å². The maximum absolute atomic E-state index is 12.5. The normalized spacial score (nSPS) is 22.3. The number of hydrogen-bond acceptors (Lipinski definition) is 3. The minimum absolute atomic E-state index is 0.0422. The molecule has 1 aromatic heterocycles. The van der Waals surface area contributed by atoms with Crippen molar-refractivity contribution in [2.75, 3.05) is 26.2 Å². The summed E-state index contributed by atoms with van der Waals surface area (Å²) in [6, 6.07) is 4.38. The van der Waals surface area contributed by atoms with Crippen molar-refractivity contribution < 1.29 is 4.79 Å². The first kappa shape index (κ1) is 17.0. The molecule has 2 aliphatic rings. The molecule has 6 heteroatoms. The van der Waals surface area contributed by atoms with E-state index in [-0.39, 0.29) is 18.1 Å². The summed E-state index contributed by atoms with van der Waals surface area (Å²) in [6.07, 6.45) is 2.60. The molecule has 0 spiro atoms. The van der Waals surface area contributed by atoms with E-state index in [4.69, 9.17) is 0 Å². The van der Waals surface area contributed by atoms with Crippen LogP contribution in [-0.4, -0.2) is 52.6 Å². The maximum Gasteiger partial charge on any atom is 0.317 e. The van der Waals surface area contributed by atoms with E-state index in [1.807, 2.05) is 17.9 Å². The van der Waals surface area contributed by atoms with Gasteiger partial charge < -0.3 is 14.8 Å². The number of carbonyl (C=O) groups is 1. The van der Waals surface area contributed by atoms with E-state index in [2.05, 4.69) is 17.1 Å². The van der Waals surface area contributed by atoms with E-state index < -0.39 is 0 Å². The summed E-state index contributed by atoms with van der Waals surface area (Å²) in [4.78, 5) is 29.1. The fourth-order valence-corrected chi connectivity index (χ4v) is 3.42. The average molecular weight is 332 g/mol. The Morgan fingerprint density at radius 1 is 1.25 bits per heavy atom. The van der Waals surface area contributed by atoms with Gasteiger partial charge in [0.15, 0.2) is 0 Å². The molecule has 1 saturated carbocycles. The lowest BCUT2D eigenvalue weighted by Crippen LogP contribution is -2.43. The van der Waals surface area contributed by atoms with Crippen LogP contribution in [0.15, 0.2) is 16.9 Å². The quantitative estimate of drug-likeness (QED) is 0.908. The third-order valence-corrected chi connectivity index (χ3v) is 5.15. The molecule has 1 aromatic rings. The molecule has 0 bridgehead atoms. The number of urea groups is 1. The van der Waals surface area contributed by atoms with E-state index in [0.29, 0.717) is 11.5 Å². The largest absolute Gasteiger partial charge is 0.334 e. The molecule has 0 radical (unpaired) electrons. The number of nitrogens with zero attached hydrogens (tertiary/aromatic N) is 3. The summed E-state index contributed by atoms with van der Waals surface area (Å²) in [6.45, 7) is 7.95. The van der Waals surface area contributed by atoms with Gasteiger partial charge in [-0.05, 0) is 31.7 Å². The molecule has 3 rings (SSSR count). The van der Waals surface area contributed by atoms with Crippen molar-refractivity contribution in [3.05, 3.63) is 33.7 Å². The monoisotopic (exact) mass is 332 g/mol. The van der Waals surface area contributed by atoms with Crippen molar-refractivity contribution in [1.29, 1.82) is 0 Å². The number of rotatable bonds is 3. The van der Waals surface area contributed by atoms with Gasteiger partial charge >= 0.3 is 6.03 Å². The van der Waals surface area contributed by atoms with Crippen LogP contribution in [0.2, 0.25) is 0 Å². The van der Waals surface area contributed by atoms with Crippen molar-refractivity contribution in [3.63, 3.8) is 0 Å². The Bertz CT molecular complexity index is 665. The van der Waals surface area contributed by atoms with E-state index in [1.165, 1.54) is 12.8 Å². The molecule has 0 aromatic carbocycles. The second kappa shape index (κ2) is 6.97. The van der Waals surface area contributed by atoms with Gasteiger partial charge in [-0.2, -0.15) is 0 Å². The lowest BCUT2D eigenvalue weighted by molar-refractivity contribution is 0.194. The fourth-order valence-electron chi connectivity index (χ4n) is 3.42. The van der Waals surface area contributed by atoms with Crippen molar-refractivity contribution in [2.24, 2.45) is 13.0 Å². The minimum Gasteiger partial charge on any atom is -0.334 e. The average Bonchev–Trinajstić information content (AvgIpc) is 3.38. The fraction of sp³-hybridized carbons (Fsp3) is 0.667. The molecule has 132 valence electrons. The van der Waals surface area contributed by atoms with Crippen LogP contribution >= 0.6 is 0 Å². The number of nitrogens with one attached hydrogen (secondary N) is 1. The summed E-state index contributed by atoms with van der Waals surface area (Å²) >= 11 is 0. The van der Waals surface area contributed by atoms with Crippen LogP contribution in [0.25, 0.3) is 0 Å². The summed E-state index contributed by atoms with van der Waals surface area (Å²) < 4.78 is 1.61. The Kier molecular flexibility index (Phi) is 4.94. The third kappa shape index (κ3) is 3.80. The van der Waals surface area contributed by atoms with Crippen LogP contribution < -0.4 is 10.9 Å². The lowest BCUT2D eigenvalue weighted by atomic mass is 10.1. The highest BCUT2D eigenvalue weighted by Crippen LogP contribution is 2.28. The first-order chi connectivity index (χ1) is 11.5. The van der Waals surface area contributed by atoms with Crippen LogP contribution in [-0.2, 0) is 13.6 Å². The van der Waals surface area contributed by atoms with Gasteiger partial charge in [0.2, 0.25) is 0 Å². The van der Waals surface area contributed by atoms with E-state index in [0.717, 1.165) is 37.9 Å². The number of aromatic nitrogens is 1. The zero-order valence-corrected chi connectivity index (χ0v) is 14.9. The van der Waals surface area contributed by atoms with Gasteiger partial charge in [-0.3, -0.25) is 9.69 Å². The Hall–Kier alpha value is -1.82. The number of amides is 2. The van der Waals surface area contributed by atoms with Crippen LogP contribution in [0.4, 0.5) is 4.79 Å². The Balaban J connectivity index is 1.58. The van der Waals surface area contributed by atoms with Crippen LogP contribution in [0.1, 0.15) is 31.0 Å². The Labute approximate surface area is 143 Å². The maximum atomic E-state index is 12.5. The second-order valence-corrected chi connectivity index (χ2v) is 7.30. The summed E-state index contributed by atoms with van der Waals surface area (Å²) in [5.41, 5.74) is 1.50. The molecule has 6 nitrogen and oxygen atoms in total. The smallest absolute Gasteiger partial charge is 0.317 e. The Morgan fingerprint density at radius 2 is 2.00 bits per heavy atom. The second-order valence-electron chi connectivity index (χ2n) is 7.30. The minimum atomic E-state index is -0.0675. The molecule has 1 saturated heterocycles. The first-order valence-corrected chi connectivity index (χ1v) is 8.88. The molecule has 24 heavy (non-hydrogen) atoms. The molecule has 2 fully saturated rings. The molecule has 2 amide bonds. The van der Waals surface area contributed by atoms with Crippen LogP contribution in [0, 0.1) is 12.8 Å². The predicted molar refractivity (Wildman–Crippen MR) is 94.0 cm³/mol. The highest BCUT2D eigenvalue weighted by atomic mass is 16.2. The first-order valence-electron chi connectivity index (χ1n) is 8.88. The van der Waals surface area contributed by atoms with E-state index >= 15 is 0 Å². The molecule has 1 atom stereocenters. The van der Waals surface area contributed by atoms with Gasteiger partial charge in [0.25, 0.3) is 5.56 Å². The zero-order chi connectivity index (χ0) is 17.3. The molecule has 2 heterocycles. The van der Waals surface area contributed by atoms with Crippen LogP contribution in [0.3, 0.4) is 0 Å². The van der Waals surface area contributed by atoms with Gasteiger partial charge in [0.1, 0.15) is 0 Å².